The number of nitrogens with two attached hydrogens (primary N) is 1. The van der Waals surface area contributed by atoms with E-state index in [4.69, 9.17) is 34.3 Å². The topological polar surface area (TPSA) is 83.1 Å². The highest BCUT2D eigenvalue weighted by Crippen LogP contribution is 2.38. The quantitative estimate of drug-likeness (QED) is 0.379. The van der Waals surface area contributed by atoms with Crippen LogP contribution < -0.4 is 5.73 Å². The molecule has 0 spiro atoms. The smallest absolute Gasteiger partial charge is 0.255 e. The molecule has 160 valence electrons. The SMILES string of the molecule is N=Cc1cc(Cl)cc(CC(F)(F)C2CCN(C(=O)Cc3ccnc(Cl)c3)CC2)c1N. The summed E-state index contributed by atoms with van der Waals surface area (Å²) in [5, 5.41) is 7.94. The summed E-state index contributed by atoms with van der Waals surface area (Å²) in [6.07, 6.45) is 2.55. The molecule has 9 heteroatoms. The van der Waals surface area contributed by atoms with E-state index in [1.165, 1.54) is 18.3 Å². The number of alkyl halides is 2. The Hall–Kier alpha value is -2.25. The number of likely N-dealkylation sites (tertiary alicyclic amines) is 1. The number of amides is 1. The number of halogens is 4. The first-order chi connectivity index (χ1) is 14.2. The average molecular weight is 455 g/mol. The summed E-state index contributed by atoms with van der Waals surface area (Å²) in [5.41, 5.74) is 7.39. The van der Waals surface area contributed by atoms with Crippen molar-refractivity contribution < 1.29 is 13.6 Å². The summed E-state index contributed by atoms with van der Waals surface area (Å²) in [4.78, 5) is 18.0. The van der Waals surface area contributed by atoms with E-state index in [0.29, 0.717) is 10.7 Å². The number of carbonyl (C=O) groups excluding carboxylic acids is 1. The fourth-order valence-electron chi connectivity index (χ4n) is 3.75. The summed E-state index contributed by atoms with van der Waals surface area (Å²) >= 11 is 11.8. The van der Waals surface area contributed by atoms with Gasteiger partial charge in [-0.2, -0.15) is 0 Å². The van der Waals surface area contributed by atoms with Crippen molar-refractivity contribution in [3.05, 3.63) is 57.3 Å². The normalized spacial score (nSPS) is 15.3. The van der Waals surface area contributed by atoms with Crippen molar-refractivity contribution >= 4 is 41.0 Å². The van der Waals surface area contributed by atoms with Crippen LogP contribution in [0.2, 0.25) is 10.2 Å². The van der Waals surface area contributed by atoms with Gasteiger partial charge in [0.15, 0.2) is 0 Å². The number of pyridine rings is 1. The Balaban J connectivity index is 1.62. The molecule has 0 saturated carbocycles. The van der Waals surface area contributed by atoms with Crippen LogP contribution in [-0.4, -0.2) is 41.0 Å². The fraction of sp³-hybridized carbons (Fsp3) is 0.381. The zero-order chi connectivity index (χ0) is 21.9. The van der Waals surface area contributed by atoms with Gasteiger partial charge in [0.2, 0.25) is 5.91 Å². The van der Waals surface area contributed by atoms with E-state index in [-0.39, 0.29) is 54.5 Å². The largest absolute Gasteiger partial charge is 0.398 e. The predicted octanol–water partition coefficient (Wildman–Crippen LogP) is 4.63. The van der Waals surface area contributed by atoms with Gasteiger partial charge >= 0.3 is 0 Å². The van der Waals surface area contributed by atoms with Crippen LogP contribution in [-0.2, 0) is 17.6 Å². The second-order valence-corrected chi connectivity index (χ2v) is 8.29. The lowest BCUT2D eigenvalue weighted by molar-refractivity contribution is -0.135. The molecule has 1 aliphatic heterocycles. The minimum Gasteiger partial charge on any atom is -0.398 e. The molecule has 1 saturated heterocycles. The predicted molar refractivity (Wildman–Crippen MR) is 115 cm³/mol. The van der Waals surface area contributed by atoms with Gasteiger partial charge in [-0.05, 0) is 48.2 Å². The van der Waals surface area contributed by atoms with Crippen molar-refractivity contribution in [2.24, 2.45) is 5.92 Å². The molecule has 3 rings (SSSR count). The van der Waals surface area contributed by atoms with Crippen LogP contribution in [0.3, 0.4) is 0 Å². The maximum Gasteiger partial charge on any atom is 0.255 e. The summed E-state index contributed by atoms with van der Waals surface area (Å²) in [6, 6.07) is 6.24. The van der Waals surface area contributed by atoms with Gasteiger partial charge in [-0.3, -0.25) is 4.79 Å². The fourth-order valence-corrected chi connectivity index (χ4v) is 4.20. The minimum absolute atomic E-state index is 0.117. The zero-order valence-corrected chi connectivity index (χ0v) is 17.7. The molecule has 1 aliphatic rings. The molecule has 1 aromatic heterocycles. The molecular weight excluding hydrogens is 433 g/mol. The lowest BCUT2D eigenvalue weighted by atomic mass is 9.86. The Labute approximate surface area is 183 Å². The maximum atomic E-state index is 15.0. The van der Waals surface area contributed by atoms with Gasteiger partial charge in [-0.25, -0.2) is 13.8 Å². The molecule has 0 aliphatic carbocycles. The lowest BCUT2D eigenvalue weighted by Crippen LogP contribution is -2.44. The van der Waals surface area contributed by atoms with Crippen molar-refractivity contribution in [3.8, 4) is 0 Å². The van der Waals surface area contributed by atoms with Crippen LogP contribution in [0.4, 0.5) is 14.5 Å². The first-order valence-electron chi connectivity index (χ1n) is 9.54. The minimum atomic E-state index is -2.99. The second kappa shape index (κ2) is 9.27. The number of piperidine rings is 1. The van der Waals surface area contributed by atoms with Gasteiger partial charge in [0.05, 0.1) is 6.42 Å². The summed E-state index contributed by atoms with van der Waals surface area (Å²) in [6.45, 7) is 0.545. The van der Waals surface area contributed by atoms with E-state index in [1.54, 1.807) is 17.0 Å². The molecule has 1 aromatic carbocycles. The highest BCUT2D eigenvalue weighted by Gasteiger charge is 2.42. The van der Waals surface area contributed by atoms with Gasteiger partial charge in [0.1, 0.15) is 5.15 Å². The Morgan fingerprint density at radius 1 is 1.30 bits per heavy atom. The molecule has 0 bridgehead atoms. The van der Waals surface area contributed by atoms with Crippen LogP contribution in [0.1, 0.15) is 29.5 Å². The highest BCUT2D eigenvalue weighted by molar-refractivity contribution is 6.31. The van der Waals surface area contributed by atoms with Gasteiger partial charge in [-0.1, -0.05) is 23.2 Å². The van der Waals surface area contributed by atoms with E-state index >= 15 is 0 Å². The third-order valence-electron chi connectivity index (χ3n) is 5.44. The van der Waals surface area contributed by atoms with E-state index in [2.05, 4.69) is 4.98 Å². The number of hydrogen-bond acceptors (Lipinski definition) is 4. The van der Waals surface area contributed by atoms with Crippen LogP contribution >= 0.6 is 23.2 Å². The maximum absolute atomic E-state index is 15.0. The van der Waals surface area contributed by atoms with Gasteiger partial charge in [0, 0.05) is 54.1 Å². The number of hydrogen-bond donors (Lipinski definition) is 2. The number of carbonyl (C=O) groups is 1. The molecule has 0 unspecified atom stereocenters. The molecular formula is C21H22Cl2F2N4O. The third-order valence-corrected chi connectivity index (χ3v) is 5.86. The molecule has 1 fully saturated rings. The number of nitrogens with zero attached hydrogens (tertiary/aromatic N) is 2. The third kappa shape index (κ3) is 5.26. The Kier molecular flexibility index (Phi) is 6.93. The molecule has 5 nitrogen and oxygen atoms in total. The summed E-state index contributed by atoms with van der Waals surface area (Å²) in [7, 11) is 0. The number of rotatable bonds is 6. The zero-order valence-electron chi connectivity index (χ0n) is 16.2. The Morgan fingerprint density at radius 3 is 2.63 bits per heavy atom. The second-order valence-electron chi connectivity index (χ2n) is 7.47. The summed E-state index contributed by atoms with van der Waals surface area (Å²) < 4.78 is 30.0. The molecule has 0 atom stereocenters. The number of anilines is 1. The highest BCUT2D eigenvalue weighted by atomic mass is 35.5. The van der Waals surface area contributed by atoms with E-state index < -0.39 is 18.3 Å². The van der Waals surface area contributed by atoms with Crippen molar-refractivity contribution in [3.63, 3.8) is 0 Å². The Morgan fingerprint density at radius 2 is 2.00 bits per heavy atom. The van der Waals surface area contributed by atoms with Gasteiger partial charge < -0.3 is 16.0 Å². The number of benzene rings is 1. The molecule has 0 radical (unpaired) electrons. The molecule has 3 N–H and O–H groups in total. The number of nitrogens with one attached hydrogen (secondary N) is 1. The average Bonchev–Trinajstić information content (AvgIpc) is 2.70. The molecule has 2 heterocycles. The number of nitrogen functional groups attached to an aromatic ring is 1. The van der Waals surface area contributed by atoms with Crippen LogP contribution in [0, 0.1) is 11.3 Å². The number of aromatic nitrogens is 1. The van der Waals surface area contributed by atoms with Crippen LogP contribution in [0.15, 0.2) is 30.5 Å². The van der Waals surface area contributed by atoms with Crippen LogP contribution in [0.25, 0.3) is 0 Å². The monoisotopic (exact) mass is 454 g/mol. The van der Waals surface area contributed by atoms with Gasteiger partial charge in [0.25, 0.3) is 5.92 Å². The van der Waals surface area contributed by atoms with E-state index in [0.717, 1.165) is 11.8 Å². The molecule has 2 aromatic rings. The van der Waals surface area contributed by atoms with Crippen LogP contribution in [0.5, 0.6) is 0 Å². The first-order valence-corrected chi connectivity index (χ1v) is 10.3. The lowest BCUT2D eigenvalue weighted by Gasteiger charge is -2.36. The van der Waals surface area contributed by atoms with Crippen molar-refractivity contribution in [2.75, 3.05) is 18.8 Å². The van der Waals surface area contributed by atoms with Gasteiger partial charge in [-0.15, -0.1) is 0 Å². The van der Waals surface area contributed by atoms with Crippen molar-refractivity contribution in [1.82, 2.24) is 9.88 Å². The standard InChI is InChI=1S/C21H22Cl2F2N4O/c22-17-9-14(20(27)15(10-17)12-26)11-21(24,25)16-2-5-29(6-3-16)19(30)8-13-1-4-28-18(23)7-13/h1,4,7,9-10,12,16,26H,2-3,5-6,8,11,27H2. The van der Waals surface area contributed by atoms with Crippen molar-refractivity contribution in [1.29, 1.82) is 5.41 Å². The Bertz CT molecular complexity index is 947. The molecule has 1 amide bonds. The van der Waals surface area contributed by atoms with Crippen molar-refractivity contribution in [2.45, 2.75) is 31.6 Å². The van der Waals surface area contributed by atoms with E-state index in [1.807, 2.05) is 0 Å². The summed E-state index contributed by atoms with van der Waals surface area (Å²) in [5.74, 6) is -3.97. The molecule has 30 heavy (non-hydrogen) atoms. The first kappa shape index (κ1) is 22.4. The van der Waals surface area contributed by atoms with E-state index in [9.17, 15) is 13.6 Å².